The van der Waals surface area contributed by atoms with Crippen molar-refractivity contribution in [2.75, 3.05) is 20.3 Å². The zero-order valence-electron chi connectivity index (χ0n) is 11.5. The molecule has 1 atom stereocenters. The third-order valence-corrected chi connectivity index (χ3v) is 3.98. The molecule has 0 bridgehead atoms. The summed E-state index contributed by atoms with van der Waals surface area (Å²) in [5.41, 5.74) is 6.68. The Kier molecular flexibility index (Phi) is 5.67. The molecule has 1 aliphatic rings. The lowest BCUT2D eigenvalue weighted by Gasteiger charge is -2.07. The maximum atomic E-state index is 13.5. The summed E-state index contributed by atoms with van der Waals surface area (Å²) < 4.78 is 23.9. The predicted octanol–water partition coefficient (Wildman–Crippen LogP) is 2.56. The summed E-state index contributed by atoms with van der Waals surface area (Å²) in [7, 11) is 1.45. The average molecular weight is 298 g/mol. The third kappa shape index (κ3) is 4.38. The van der Waals surface area contributed by atoms with Crippen LogP contribution in [0.3, 0.4) is 0 Å². The van der Waals surface area contributed by atoms with E-state index < -0.39 is 0 Å². The van der Waals surface area contributed by atoms with Gasteiger partial charge in [0, 0.05) is 12.4 Å². The molecule has 6 heteroatoms. The molecule has 2 rings (SSSR count). The fraction of sp³-hybridized carbons (Fsp3) is 0.500. The van der Waals surface area contributed by atoms with Crippen molar-refractivity contribution in [3.05, 3.63) is 29.6 Å². The number of halogens is 1. The van der Waals surface area contributed by atoms with Gasteiger partial charge in [-0.05, 0) is 30.5 Å². The van der Waals surface area contributed by atoms with Crippen LogP contribution in [0, 0.1) is 5.82 Å². The summed E-state index contributed by atoms with van der Waals surface area (Å²) in [5, 5.41) is 0.511. The van der Waals surface area contributed by atoms with Gasteiger partial charge in [0.1, 0.15) is 0 Å². The number of amidine groups is 1. The van der Waals surface area contributed by atoms with E-state index in [2.05, 4.69) is 4.99 Å². The minimum absolute atomic E-state index is 0.201. The van der Waals surface area contributed by atoms with E-state index in [9.17, 15) is 4.39 Å². The normalized spacial score (nSPS) is 19.3. The highest BCUT2D eigenvalue weighted by Gasteiger charge is 2.14. The zero-order chi connectivity index (χ0) is 14.4. The number of rotatable bonds is 5. The van der Waals surface area contributed by atoms with Crippen LogP contribution in [0.25, 0.3) is 0 Å². The van der Waals surface area contributed by atoms with Crippen LogP contribution in [0.1, 0.15) is 18.4 Å². The molecule has 0 radical (unpaired) electrons. The summed E-state index contributed by atoms with van der Waals surface area (Å²) in [6.07, 6.45) is 2.34. The van der Waals surface area contributed by atoms with Crippen LogP contribution in [0.4, 0.5) is 4.39 Å². The van der Waals surface area contributed by atoms with Gasteiger partial charge in [-0.1, -0.05) is 17.8 Å². The molecular formula is C14H19FN2O2S. The van der Waals surface area contributed by atoms with Crippen molar-refractivity contribution in [3.63, 3.8) is 0 Å². The molecule has 0 unspecified atom stereocenters. The fourth-order valence-corrected chi connectivity index (χ4v) is 2.64. The number of nitrogens with two attached hydrogens (primary N) is 1. The molecule has 2 N–H and O–H groups in total. The molecule has 110 valence electrons. The van der Waals surface area contributed by atoms with Gasteiger partial charge in [-0.2, -0.15) is 0 Å². The third-order valence-electron chi connectivity index (χ3n) is 3.08. The number of hydrogen-bond donors (Lipinski definition) is 1. The summed E-state index contributed by atoms with van der Waals surface area (Å²) in [5.74, 6) is 0.473. The number of benzene rings is 1. The smallest absolute Gasteiger partial charge is 0.165 e. The lowest BCUT2D eigenvalue weighted by Crippen LogP contribution is -2.14. The average Bonchev–Trinajstić information content (AvgIpc) is 2.96. The maximum Gasteiger partial charge on any atom is 0.165 e. The van der Waals surface area contributed by atoms with E-state index in [1.54, 1.807) is 6.07 Å². The molecule has 0 aromatic heterocycles. The lowest BCUT2D eigenvalue weighted by molar-refractivity contribution is 0.118. The Hall–Kier alpha value is -1.27. The molecular weight excluding hydrogens is 279 g/mol. The van der Waals surface area contributed by atoms with Crippen molar-refractivity contribution < 1.29 is 13.9 Å². The van der Waals surface area contributed by atoms with Gasteiger partial charge in [0.05, 0.1) is 19.8 Å². The lowest BCUT2D eigenvalue weighted by atomic mass is 10.2. The molecule has 1 heterocycles. The van der Waals surface area contributed by atoms with Crippen LogP contribution in [0.5, 0.6) is 5.75 Å². The number of ether oxygens (including phenoxy) is 2. The van der Waals surface area contributed by atoms with Gasteiger partial charge >= 0.3 is 0 Å². The van der Waals surface area contributed by atoms with E-state index in [1.165, 1.54) is 24.9 Å². The van der Waals surface area contributed by atoms with Crippen molar-refractivity contribution in [2.24, 2.45) is 10.7 Å². The minimum Gasteiger partial charge on any atom is -0.494 e. The Morgan fingerprint density at radius 2 is 2.45 bits per heavy atom. The van der Waals surface area contributed by atoms with Gasteiger partial charge in [-0.3, -0.25) is 4.99 Å². The SMILES string of the molecule is COc1ccc(CSC(N)=NC[C@@H]2CCCO2)cc1F. The molecule has 1 aromatic rings. The van der Waals surface area contributed by atoms with E-state index in [0.717, 1.165) is 25.0 Å². The topological polar surface area (TPSA) is 56.8 Å². The van der Waals surface area contributed by atoms with Crippen LogP contribution in [0.2, 0.25) is 0 Å². The van der Waals surface area contributed by atoms with Gasteiger partial charge in [0.25, 0.3) is 0 Å². The standard InChI is InChI=1S/C14H19FN2O2S/c1-18-13-5-4-10(7-12(13)15)9-20-14(16)17-8-11-3-2-6-19-11/h4-5,7,11H,2-3,6,8-9H2,1H3,(H2,16,17)/t11-/m0/s1. The minimum atomic E-state index is -0.361. The molecule has 1 aromatic carbocycles. The monoisotopic (exact) mass is 298 g/mol. The molecule has 1 aliphatic heterocycles. The van der Waals surface area contributed by atoms with Gasteiger partial charge in [0.2, 0.25) is 0 Å². The first-order valence-electron chi connectivity index (χ1n) is 6.56. The van der Waals surface area contributed by atoms with Crippen LogP contribution in [0.15, 0.2) is 23.2 Å². The van der Waals surface area contributed by atoms with E-state index in [-0.39, 0.29) is 17.7 Å². The number of hydrogen-bond acceptors (Lipinski definition) is 4. The summed E-state index contributed by atoms with van der Waals surface area (Å²) >= 11 is 1.40. The quantitative estimate of drug-likeness (QED) is 0.670. The predicted molar refractivity (Wildman–Crippen MR) is 79.7 cm³/mol. The Balaban J connectivity index is 1.81. The highest BCUT2D eigenvalue weighted by atomic mass is 32.2. The number of methoxy groups -OCH3 is 1. The molecule has 1 fully saturated rings. The van der Waals surface area contributed by atoms with E-state index in [1.807, 2.05) is 6.07 Å². The van der Waals surface area contributed by atoms with Crippen LogP contribution in [-0.2, 0) is 10.5 Å². The Bertz CT molecular complexity index is 476. The second kappa shape index (κ2) is 7.50. The van der Waals surface area contributed by atoms with Crippen LogP contribution < -0.4 is 10.5 Å². The summed E-state index contributed by atoms with van der Waals surface area (Å²) in [6.45, 7) is 1.42. The highest BCUT2D eigenvalue weighted by Crippen LogP contribution is 2.21. The number of thioether (sulfide) groups is 1. The van der Waals surface area contributed by atoms with Gasteiger partial charge in [-0.25, -0.2) is 4.39 Å². The van der Waals surface area contributed by atoms with E-state index in [0.29, 0.717) is 17.5 Å². The van der Waals surface area contributed by atoms with Gasteiger partial charge < -0.3 is 15.2 Å². The molecule has 0 aliphatic carbocycles. The van der Waals surface area contributed by atoms with E-state index in [4.69, 9.17) is 15.2 Å². The van der Waals surface area contributed by atoms with Crippen molar-refractivity contribution in [1.29, 1.82) is 0 Å². The number of aliphatic imine (C=N–C) groups is 1. The van der Waals surface area contributed by atoms with E-state index >= 15 is 0 Å². The molecule has 0 amide bonds. The summed E-state index contributed by atoms with van der Waals surface area (Å²) in [6, 6.07) is 4.90. The highest BCUT2D eigenvalue weighted by molar-refractivity contribution is 8.13. The molecule has 4 nitrogen and oxygen atoms in total. The van der Waals surface area contributed by atoms with Gasteiger partial charge in [0.15, 0.2) is 16.7 Å². The molecule has 0 saturated carbocycles. The van der Waals surface area contributed by atoms with Crippen molar-refractivity contribution >= 4 is 16.9 Å². The largest absolute Gasteiger partial charge is 0.494 e. The molecule has 1 saturated heterocycles. The molecule has 20 heavy (non-hydrogen) atoms. The molecule has 0 spiro atoms. The zero-order valence-corrected chi connectivity index (χ0v) is 12.3. The second-order valence-corrected chi connectivity index (χ2v) is 5.57. The summed E-state index contributed by atoms with van der Waals surface area (Å²) in [4.78, 5) is 4.29. The number of nitrogens with zero attached hydrogens (tertiary/aromatic N) is 1. The van der Waals surface area contributed by atoms with Crippen LogP contribution in [-0.4, -0.2) is 31.5 Å². The maximum absolute atomic E-state index is 13.5. The first-order chi connectivity index (χ1) is 9.69. The van der Waals surface area contributed by atoms with Gasteiger partial charge in [-0.15, -0.1) is 0 Å². The van der Waals surface area contributed by atoms with Crippen LogP contribution >= 0.6 is 11.8 Å². The fourth-order valence-electron chi connectivity index (χ4n) is 1.98. The first kappa shape index (κ1) is 15.1. The second-order valence-electron chi connectivity index (χ2n) is 4.57. The van der Waals surface area contributed by atoms with Crippen molar-refractivity contribution in [2.45, 2.75) is 24.7 Å². The Morgan fingerprint density at radius 3 is 3.10 bits per heavy atom. The Labute approximate surface area is 122 Å². The van der Waals surface area contributed by atoms with Crippen molar-refractivity contribution in [3.8, 4) is 5.75 Å². The first-order valence-corrected chi connectivity index (χ1v) is 7.54. The van der Waals surface area contributed by atoms with Crippen molar-refractivity contribution in [1.82, 2.24) is 0 Å². The Morgan fingerprint density at radius 1 is 1.60 bits per heavy atom.